The molecule has 1 aromatic carbocycles. The molecular formula is C23H33NO3. The van der Waals surface area contributed by atoms with Gasteiger partial charge in [0, 0.05) is 18.9 Å². The van der Waals surface area contributed by atoms with Gasteiger partial charge in [-0.2, -0.15) is 0 Å². The van der Waals surface area contributed by atoms with E-state index in [1.807, 2.05) is 30.3 Å². The second-order valence-electron chi connectivity index (χ2n) is 8.52. The first-order valence-corrected chi connectivity index (χ1v) is 10.3. The van der Waals surface area contributed by atoms with Gasteiger partial charge in [0.25, 0.3) is 0 Å². The van der Waals surface area contributed by atoms with E-state index in [0.717, 1.165) is 17.7 Å². The number of rotatable bonds is 7. The van der Waals surface area contributed by atoms with Gasteiger partial charge in [-0.3, -0.25) is 4.79 Å². The Morgan fingerprint density at radius 3 is 2.63 bits per heavy atom. The van der Waals surface area contributed by atoms with Gasteiger partial charge in [-0.05, 0) is 42.1 Å². The number of hydrogen-bond donors (Lipinski definition) is 1. The van der Waals surface area contributed by atoms with Gasteiger partial charge in [-0.25, -0.2) is 0 Å². The SMILES string of the molecule is CC1CCC(C(C)C)C(C(CC2=COCO2)C(=O)NCc2ccccc2)C1. The van der Waals surface area contributed by atoms with Crippen LogP contribution in [0, 0.1) is 29.6 Å². The summed E-state index contributed by atoms with van der Waals surface area (Å²) in [5.41, 5.74) is 1.13. The lowest BCUT2D eigenvalue weighted by molar-refractivity contribution is -0.129. The molecule has 0 radical (unpaired) electrons. The van der Waals surface area contributed by atoms with Crippen molar-refractivity contribution in [2.45, 2.75) is 53.0 Å². The third-order valence-electron chi connectivity index (χ3n) is 6.18. The van der Waals surface area contributed by atoms with E-state index >= 15 is 0 Å². The van der Waals surface area contributed by atoms with Crippen molar-refractivity contribution in [3.63, 3.8) is 0 Å². The van der Waals surface area contributed by atoms with Crippen LogP contribution in [0.25, 0.3) is 0 Å². The van der Waals surface area contributed by atoms with Crippen molar-refractivity contribution >= 4 is 5.91 Å². The summed E-state index contributed by atoms with van der Waals surface area (Å²) in [6.07, 6.45) is 5.89. The van der Waals surface area contributed by atoms with E-state index in [4.69, 9.17) is 9.47 Å². The summed E-state index contributed by atoms with van der Waals surface area (Å²) < 4.78 is 10.8. The average molecular weight is 372 g/mol. The predicted octanol–water partition coefficient (Wildman–Crippen LogP) is 4.86. The van der Waals surface area contributed by atoms with Crippen LogP contribution < -0.4 is 5.32 Å². The fraction of sp³-hybridized carbons (Fsp3) is 0.609. The van der Waals surface area contributed by atoms with Crippen molar-refractivity contribution in [2.75, 3.05) is 6.79 Å². The maximum atomic E-state index is 13.2. The molecule has 1 aliphatic carbocycles. The van der Waals surface area contributed by atoms with Gasteiger partial charge in [-0.15, -0.1) is 0 Å². The minimum atomic E-state index is -0.0724. The summed E-state index contributed by atoms with van der Waals surface area (Å²) >= 11 is 0. The van der Waals surface area contributed by atoms with Crippen LogP contribution in [0.4, 0.5) is 0 Å². The third kappa shape index (κ3) is 5.27. The molecule has 1 aliphatic heterocycles. The van der Waals surface area contributed by atoms with E-state index in [9.17, 15) is 4.79 Å². The highest BCUT2D eigenvalue weighted by Gasteiger charge is 2.39. The van der Waals surface area contributed by atoms with Gasteiger partial charge >= 0.3 is 0 Å². The van der Waals surface area contributed by atoms with Gasteiger partial charge in [0.05, 0.1) is 0 Å². The number of ether oxygens (including phenoxy) is 2. The Morgan fingerprint density at radius 2 is 1.96 bits per heavy atom. The van der Waals surface area contributed by atoms with E-state index in [1.54, 1.807) is 6.26 Å². The van der Waals surface area contributed by atoms with Gasteiger partial charge in [-0.1, -0.05) is 57.5 Å². The third-order valence-corrected chi connectivity index (χ3v) is 6.18. The van der Waals surface area contributed by atoms with Gasteiger partial charge in [0.15, 0.2) is 0 Å². The van der Waals surface area contributed by atoms with Crippen molar-refractivity contribution in [3.8, 4) is 0 Å². The lowest BCUT2D eigenvalue weighted by Gasteiger charge is -2.41. The zero-order valence-corrected chi connectivity index (χ0v) is 16.8. The normalized spacial score (nSPS) is 26.1. The average Bonchev–Trinajstić information content (AvgIpc) is 3.18. The maximum Gasteiger partial charge on any atom is 0.229 e. The van der Waals surface area contributed by atoms with Gasteiger partial charge < -0.3 is 14.8 Å². The van der Waals surface area contributed by atoms with Crippen LogP contribution in [0.1, 0.15) is 52.0 Å². The molecule has 1 heterocycles. The summed E-state index contributed by atoms with van der Waals surface area (Å²) in [6, 6.07) is 10.1. The molecule has 0 spiro atoms. The van der Waals surface area contributed by atoms with E-state index in [2.05, 4.69) is 26.1 Å². The van der Waals surface area contributed by atoms with Crippen LogP contribution in [-0.2, 0) is 20.8 Å². The molecule has 1 saturated carbocycles. The van der Waals surface area contributed by atoms with E-state index in [0.29, 0.717) is 36.6 Å². The molecule has 1 aromatic rings. The molecule has 0 aromatic heterocycles. The van der Waals surface area contributed by atoms with Gasteiger partial charge in [0.2, 0.25) is 12.7 Å². The summed E-state index contributed by atoms with van der Waals surface area (Å²) in [6.45, 7) is 7.74. The van der Waals surface area contributed by atoms with Crippen LogP contribution in [0.2, 0.25) is 0 Å². The lowest BCUT2D eigenvalue weighted by Crippen LogP contribution is -2.41. The summed E-state index contributed by atoms with van der Waals surface area (Å²) in [5.74, 6) is 3.09. The highest BCUT2D eigenvalue weighted by Crippen LogP contribution is 2.44. The van der Waals surface area contributed by atoms with Crippen LogP contribution in [0.15, 0.2) is 42.4 Å². The fourth-order valence-electron chi connectivity index (χ4n) is 4.69. The van der Waals surface area contributed by atoms with E-state index < -0.39 is 0 Å². The van der Waals surface area contributed by atoms with Gasteiger partial charge in [0.1, 0.15) is 12.0 Å². The Kier molecular flexibility index (Phi) is 6.81. The van der Waals surface area contributed by atoms with Crippen molar-refractivity contribution in [1.29, 1.82) is 0 Å². The van der Waals surface area contributed by atoms with E-state index in [1.165, 1.54) is 12.8 Å². The minimum Gasteiger partial charge on any atom is -0.462 e. The molecule has 4 nitrogen and oxygen atoms in total. The molecule has 0 bridgehead atoms. The minimum absolute atomic E-state index is 0.0724. The molecular weight excluding hydrogens is 338 g/mol. The Morgan fingerprint density at radius 1 is 1.19 bits per heavy atom. The number of benzene rings is 1. The largest absolute Gasteiger partial charge is 0.462 e. The predicted molar refractivity (Wildman–Crippen MR) is 106 cm³/mol. The van der Waals surface area contributed by atoms with Crippen LogP contribution >= 0.6 is 0 Å². The summed E-state index contributed by atoms with van der Waals surface area (Å²) in [7, 11) is 0. The monoisotopic (exact) mass is 371 g/mol. The van der Waals surface area contributed by atoms with Crippen molar-refractivity contribution in [3.05, 3.63) is 47.9 Å². The topological polar surface area (TPSA) is 47.6 Å². The first-order valence-electron chi connectivity index (χ1n) is 10.3. The Balaban J connectivity index is 1.75. The molecule has 1 N–H and O–H groups in total. The number of carbonyl (C=O) groups is 1. The smallest absolute Gasteiger partial charge is 0.229 e. The fourth-order valence-corrected chi connectivity index (χ4v) is 4.69. The van der Waals surface area contributed by atoms with Crippen LogP contribution in [0.5, 0.6) is 0 Å². The highest BCUT2D eigenvalue weighted by atomic mass is 16.7. The first kappa shape index (κ1) is 19.8. The maximum absolute atomic E-state index is 13.2. The summed E-state index contributed by atoms with van der Waals surface area (Å²) in [4.78, 5) is 13.2. The second kappa shape index (κ2) is 9.29. The molecule has 4 unspecified atom stereocenters. The number of allylic oxidation sites excluding steroid dienone is 1. The molecule has 3 rings (SSSR count). The number of carbonyl (C=O) groups excluding carboxylic acids is 1. The molecule has 4 heteroatoms. The zero-order valence-electron chi connectivity index (χ0n) is 16.8. The van der Waals surface area contributed by atoms with E-state index in [-0.39, 0.29) is 18.6 Å². The van der Waals surface area contributed by atoms with Crippen molar-refractivity contribution in [2.24, 2.45) is 29.6 Å². The molecule has 1 amide bonds. The standard InChI is InChI=1S/C23H33NO3/c1-16(2)20-10-9-17(3)11-21(20)22(12-19-14-26-15-27-19)23(25)24-13-18-7-5-4-6-8-18/h4-8,14,16-17,20-22H,9-13,15H2,1-3H3,(H,24,25). The number of hydrogen-bond acceptors (Lipinski definition) is 3. The summed E-state index contributed by atoms with van der Waals surface area (Å²) in [5, 5.41) is 3.18. The molecule has 27 heavy (non-hydrogen) atoms. The lowest BCUT2D eigenvalue weighted by atomic mass is 9.64. The zero-order chi connectivity index (χ0) is 19.2. The Hall–Kier alpha value is -1.97. The van der Waals surface area contributed by atoms with Crippen LogP contribution in [-0.4, -0.2) is 12.7 Å². The Bertz CT molecular complexity index is 640. The molecule has 1 fully saturated rings. The van der Waals surface area contributed by atoms with Crippen LogP contribution in [0.3, 0.4) is 0 Å². The highest BCUT2D eigenvalue weighted by molar-refractivity contribution is 5.79. The molecule has 0 saturated heterocycles. The quantitative estimate of drug-likeness (QED) is 0.744. The molecule has 148 valence electrons. The number of nitrogens with one attached hydrogen (secondary N) is 1. The molecule has 2 aliphatic rings. The first-order chi connectivity index (χ1) is 13.0. The number of amides is 1. The second-order valence-corrected chi connectivity index (χ2v) is 8.52. The van der Waals surface area contributed by atoms with Crippen molar-refractivity contribution in [1.82, 2.24) is 5.32 Å². The molecule has 4 atom stereocenters. The van der Waals surface area contributed by atoms with Crippen molar-refractivity contribution < 1.29 is 14.3 Å². The Labute approximate surface area is 163 Å².